The van der Waals surface area contributed by atoms with Gasteiger partial charge in [0.1, 0.15) is 11.5 Å². The van der Waals surface area contributed by atoms with Crippen LogP contribution >= 0.6 is 11.8 Å². The number of aryl methyl sites for hydroxylation is 1. The fraction of sp³-hybridized carbons (Fsp3) is 0.583. The van der Waals surface area contributed by atoms with Crippen LogP contribution in [-0.2, 0) is 0 Å². The molecule has 1 rings (SSSR count). The minimum absolute atomic E-state index is 0.0214. The molecule has 0 aliphatic carbocycles. The lowest BCUT2D eigenvalue weighted by atomic mass is 10.2. The van der Waals surface area contributed by atoms with E-state index in [9.17, 15) is 0 Å². The molecular formula is C12H21N5S. The zero-order valence-electron chi connectivity index (χ0n) is 11.4. The van der Waals surface area contributed by atoms with Crippen LogP contribution < -0.4 is 10.6 Å². The number of nitrogens with two attached hydrogens (primary N) is 1. The van der Waals surface area contributed by atoms with Gasteiger partial charge in [0.15, 0.2) is 0 Å². The molecule has 0 spiro atoms. The third-order valence-electron chi connectivity index (χ3n) is 2.83. The van der Waals surface area contributed by atoms with Crippen LogP contribution in [0.2, 0.25) is 0 Å². The summed E-state index contributed by atoms with van der Waals surface area (Å²) in [6, 6.07) is 2.09. The van der Waals surface area contributed by atoms with Crippen LogP contribution in [0.3, 0.4) is 0 Å². The molecule has 3 N–H and O–H groups in total. The van der Waals surface area contributed by atoms with Crippen molar-refractivity contribution in [1.82, 2.24) is 9.97 Å². The second-order valence-electron chi connectivity index (χ2n) is 4.35. The summed E-state index contributed by atoms with van der Waals surface area (Å²) in [4.78, 5) is 10.8. The van der Waals surface area contributed by atoms with Gasteiger partial charge in [-0.25, -0.2) is 9.97 Å². The van der Waals surface area contributed by atoms with Gasteiger partial charge >= 0.3 is 0 Å². The van der Waals surface area contributed by atoms with E-state index in [1.165, 1.54) is 0 Å². The molecule has 0 aliphatic rings. The molecule has 1 heterocycles. The Balaban J connectivity index is 2.91. The summed E-state index contributed by atoms with van der Waals surface area (Å²) in [6.07, 6.45) is 3.17. The number of nitrogen functional groups attached to an aromatic ring is 1. The summed E-state index contributed by atoms with van der Waals surface area (Å²) < 4.78 is 0. The minimum atomic E-state index is -0.0214. The lowest BCUT2D eigenvalue weighted by Gasteiger charge is -2.25. The fourth-order valence-electron chi connectivity index (χ4n) is 1.53. The van der Waals surface area contributed by atoms with E-state index < -0.39 is 0 Å². The maximum absolute atomic E-state index is 7.45. The standard InChI is InChI=1S/C12H21N5S/c1-8-7-10(11(13)14)16-12(15-8)17(3)9(2)5-6-18-4/h7,9H,5-6H2,1-4H3,(H3,13,14). The van der Waals surface area contributed by atoms with Crippen molar-refractivity contribution < 1.29 is 0 Å². The van der Waals surface area contributed by atoms with Crippen LogP contribution in [0.15, 0.2) is 6.07 Å². The maximum atomic E-state index is 7.45. The van der Waals surface area contributed by atoms with Crippen molar-refractivity contribution >= 4 is 23.5 Å². The molecule has 0 bridgehead atoms. The van der Waals surface area contributed by atoms with Gasteiger partial charge in [-0.15, -0.1) is 0 Å². The first-order valence-electron chi connectivity index (χ1n) is 5.87. The molecule has 5 nitrogen and oxygen atoms in total. The average Bonchev–Trinajstić information content (AvgIpc) is 2.34. The Bertz CT molecular complexity index is 421. The molecule has 0 aliphatic heterocycles. The van der Waals surface area contributed by atoms with Gasteiger partial charge in [0, 0.05) is 18.8 Å². The lowest BCUT2D eigenvalue weighted by molar-refractivity contribution is 0.652. The summed E-state index contributed by atoms with van der Waals surface area (Å²) in [5, 5.41) is 7.45. The topological polar surface area (TPSA) is 78.9 Å². The normalized spacial score (nSPS) is 12.2. The smallest absolute Gasteiger partial charge is 0.226 e. The predicted molar refractivity (Wildman–Crippen MR) is 78.6 cm³/mol. The van der Waals surface area contributed by atoms with Crippen molar-refractivity contribution in [2.75, 3.05) is 24.0 Å². The number of anilines is 1. The fourth-order valence-corrected chi connectivity index (χ4v) is 2.10. The molecule has 0 radical (unpaired) electrons. The molecule has 0 saturated carbocycles. The maximum Gasteiger partial charge on any atom is 0.226 e. The van der Waals surface area contributed by atoms with Crippen molar-refractivity contribution in [3.05, 3.63) is 17.5 Å². The van der Waals surface area contributed by atoms with Gasteiger partial charge in [-0.05, 0) is 38.3 Å². The molecule has 1 aromatic heterocycles. The number of nitrogens with zero attached hydrogens (tertiary/aromatic N) is 3. The number of hydrogen-bond acceptors (Lipinski definition) is 5. The van der Waals surface area contributed by atoms with Crippen LogP contribution in [0.4, 0.5) is 5.95 Å². The molecule has 1 unspecified atom stereocenters. The number of rotatable bonds is 6. The van der Waals surface area contributed by atoms with E-state index in [0.29, 0.717) is 17.7 Å². The van der Waals surface area contributed by atoms with Gasteiger partial charge in [0.25, 0.3) is 0 Å². The number of hydrogen-bond donors (Lipinski definition) is 2. The number of aromatic nitrogens is 2. The van der Waals surface area contributed by atoms with Crippen LogP contribution in [0.25, 0.3) is 0 Å². The Morgan fingerprint density at radius 3 is 2.78 bits per heavy atom. The molecule has 100 valence electrons. The Labute approximate surface area is 113 Å². The SMILES string of the molecule is CSCCC(C)N(C)c1nc(C)cc(C(=N)N)n1. The largest absolute Gasteiger partial charge is 0.382 e. The molecule has 6 heteroatoms. The first-order chi connectivity index (χ1) is 8.45. The Morgan fingerprint density at radius 2 is 2.22 bits per heavy atom. The number of thioether (sulfide) groups is 1. The van der Waals surface area contributed by atoms with Gasteiger partial charge in [0.2, 0.25) is 5.95 Å². The van der Waals surface area contributed by atoms with Gasteiger partial charge < -0.3 is 10.6 Å². The molecular weight excluding hydrogens is 246 g/mol. The van der Waals surface area contributed by atoms with Crippen molar-refractivity contribution in [1.29, 1.82) is 5.41 Å². The average molecular weight is 267 g/mol. The molecule has 0 aromatic carbocycles. The lowest BCUT2D eigenvalue weighted by Crippen LogP contribution is -2.31. The van der Waals surface area contributed by atoms with E-state index in [1.807, 2.05) is 30.6 Å². The minimum Gasteiger partial charge on any atom is -0.382 e. The summed E-state index contributed by atoms with van der Waals surface area (Å²) in [5.74, 6) is 1.72. The second-order valence-corrected chi connectivity index (χ2v) is 5.34. The van der Waals surface area contributed by atoms with E-state index in [0.717, 1.165) is 17.9 Å². The third-order valence-corrected chi connectivity index (χ3v) is 3.48. The highest BCUT2D eigenvalue weighted by Gasteiger charge is 2.14. The predicted octanol–water partition coefficient (Wildman–Crippen LogP) is 1.65. The van der Waals surface area contributed by atoms with E-state index in [2.05, 4.69) is 23.1 Å². The summed E-state index contributed by atoms with van der Waals surface area (Å²) in [6.45, 7) is 4.04. The molecule has 0 amide bonds. The van der Waals surface area contributed by atoms with Gasteiger partial charge in [-0.1, -0.05) is 0 Å². The van der Waals surface area contributed by atoms with Gasteiger partial charge in [0.05, 0.1) is 0 Å². The Hall–Kier alpha value is -1.30. The van der Waals surface area contributed by atoms with Crippen LogP contribution in [0.1, 0.15) is 24.7 Å². The molecule has 18 heavy (non-hydrogen) atoms. The monoisotopic (exact) mass is 267 g/mol. The highest BCUT2D eigenvalue weighted by molar-refractivity contribution is 7.98. The first-order valence-corrected chi connectivity index (χ1v) is 7.27. The summed E-state index contributed by atoms with van der Waals surface area (Å²) in [7, 11) is 1.98. The summed E-state index contributed by atoms with van der Waals surface area (Å²) in [5.41, 5.74) is 6.79. The zero-order chi connectivity index (χ0) is 13.7. The first kappa shape index (κ1) is 14.8. The van der Waals surface area contributed by atoms with Crippen LogP contribution in [-0.4, -0.2) is 40.9 Å². The van der Waals surface area contributed by atoms with Crippen LogP contribution in [0.5, 0.6) is 0 Å². The van der Waals surface area contributed by atoms with E-state index in [4.69, 9.17) is 11.1 Å². The van der Waals surface area contributed by atoms with Crippen molar-refractivity contribution in [3.63, 3.8) is 0 Å². The van der Waals surface area contributed by atoms with Crippen molar-refractivity contribution in [2.24, 2.45) is 5.73 Å². The van der Waals surface area contributed by atoms with Crippen molar-refractivity contribution in [3.8, 4) is 0 Å². The van der Waals surface area contributed by atoms with E-state index in [-0.39, 0.29) is 5.84 Å². The molecule has 0 saturated heterocycles. The Morgan fingerprint density at radius 1 is 1.56 bits per heavy atom. The number of nitrogens with one attached hydrogen (secondary N) is 1. The second kappa shape index (κ2) is 6.58. The molecule has 1 atom stereocenters. The van der Waals surface area contributed by atoms with Gasteiger partial charge in [-0.2, -0.15) is 11.8 Å². The summed E-state index contributed by atoms with van der Waals surface area (Å²) >= 11 is 1.83. The van der Waals surface area contributed by atoms with Gasteiger partial charge in [-0.3, -0.25) is 5.41 Å². The highest BCUT2D eigenvalue weighted by Crippen LogP contribution is 2.14. The van der Waals surface area contributed by atoms with E-state index >= 15 is 0 Å². The molecule has 0 fully saturated rings. The quantitative estimate of drug-likeness (QED) is 0.605. The zero-order valence-corrected chi connectivity index (χ0v) is 12.2. The van der Waals surface area contributed by atoms with Crippen LogP contribution in [0, 0.1) is 12.3 Å². The Kier molecular flexibility index (Phi) is 5.40. The highest BCUT2D eigenvalue weighted by atomic mass is 32.2. The molecule has 1 aromatic rings. The van der Waals surface area contributed by atoms with Crippen molar-refractivity contribution in [2.45, 2.75) is 26.3 Å². The third kappa shape index (κ3) is 3.87. The van der Waals surface area contributed by atoms with E-state index in [1.54, 1.807) is 6.07 Å². The number of amidine groups is 1.